The molecule has 0 saturated carbocycles. The van der Waals surface area contributed by atoms with Gasteiger partial charge in [-0.15, -0.1) is 0 Å². The lowest BCUT2D eigenvalue weighted by molar-refractivity contribution is -0.121. The van der Waals surface area contributed by atoms with Crippen LogP contribution >= 0.6 is 11.8 Å². The molecular formula is C16H25NO4S. The van der Waals surface area contributed by atoms with E-state index in [-0.39, 0.29) is 19.1 Å². The number of amides is 1. The number of thioether (sulfide) groups is 1. The van der Waals surface area contributed by atoms with E-state index in [9.17, 15) is 9.90 Å². The highest BCUT2D eigenvalue weighted by Crippen LogP contribution is 2.11. The van der Waals surface area contributed by atoms with Crippen LogP contribution in [0.2, 0.25) is 0 Å². The number of rotatable bonds is 11. The summed E-state index contributed by atoms with van der Waals surface area (Å²) in [7, 11) is 1.62. The molecule has 22 heavy (non-hydrogen) atoms. The average molecular weight is 327 g/mol. The monoisotopic (exact) mass is 327 g/mol. The molecule has 2 N–H and O–H groups in total. The van der Waals surface area contributed by atoms with Gasteiger partial charge >= 0.3 is 0 Å². The first-order valence-electron chi connectivity index (χ1n) is 7.39. The zero-order valence-electron chi connectivity index (χ0n) is 13.2. The summed E-state index contributed by atoms with van der Waals surface area (Å²) >= 11 is 1.73. The lowest BCUT2D eigenvalue weighted by atomic mass is 10.2. The fraction of sp³-hybridized carbons (Fsp3) is 0.562. The number of ether oxygens (including phenoxy) is 2. The maximum absolute atomic E-state index is 11.5. The molecule has 0 spiro atoms. The molecule has 0 aliphatic rings. The van der Waals surface area contributed by atoms with Gasteiger partial charge in [-0.1, -0.05) is 19.1 Å². The molecule has 1 rings (SSSR count). The van der Waals surface area contributed by atoms with E-state index in [4.69, 9.17) is 9.47 Å². The lowest BCUT2D eigenvalue weighted by Crippen LogP contribution is -2.34. The van der Waals surface area contributed by atoms with Gasteiger partial charge in [-0.3, -0.25) is 4.79 Å². The van der Waals surface area contributed by atoms with E-state index in [1.807, 2.05) is 24.3 Å². The largest absolute Gasteiger partial charge is 0.497 e. The highest BCUT2D eigenvalue weighted by molar-refractivity contribution is 7.99. The molecule has 0 radical (unpaired) electrons. The number of hydrogen-bond donors (Lipinski definition) is 2. The Morgan fingerprint density at radius 1 is 1.36 bits per heavy atom. The number of benzene rings is 1. The molecule has 0 saturated heterocycles. The van der Waals surface area contributed by atoms with Crippen molar-refractivity contribution < 1.29 is 19.4 Å². The molecule has 5 nitrogen and oxygen atoms in total. The molecule has 1 aromatic carbocycles. The summed E-state index contributed by atoms with van der Waals surface area (Å²) in [5, 5.41) is 12.5. The van der Waals surface area contributed by atoms with Gasteiger partial charge in [0.1, 0.15) is 5.75 Å². The van der Waals surface area contributed by atoms with Crippen LogP contribution in [0.25, 0.3) is 0 Å². The van der Waals surface area contributed by atoms with Crippen LogP contribution in [0.4, 0.5) is 0 Å². The summed E-state index contributed by atoms with van der Waals surface area (Å²) in [5.74, 6) is 2.59. The summed E-state index contributed by atoms with van der Waals surface area (Å²) < 4.78 is 10.5. The topological polar surface area (TPSA) is 67.8 Å². The van der Waals surface area contributed by atoms with Crippen LogP contribution in [0.15, 0.2) is 24.3 Å². The van der Waals surface area contributed by atoms with Crippen molar-refractivity contribution in [2.24, 2.45) is 0 Å². The Morgan fingerprint density at radius 2 is 2.09 bits per heavy atom. The van der Waals surface area contributed by atoms with E-state index in [0.29, 0.717) is 13.0 Å². The molecular weight excluding hydrogens is 302 g/mol. The van der Waals surface area contributed by atoms with Crippen molar-refractivity contribution in [3.8, 4) is 5.75 Å². The standard InChI is InChI=1S/C16H25NO4S/c1-3-22-9-8-16(19)17-10-14(18)12-21-11-13-4-6-15(20-2)7-5-13/h4-7,14,18H,3,8-12H2,1-2H3,(H,17,19). The molecule has 1 aromatic rings. The molecule has 1 amide bonds. The Hall–Kier alpha value is -1.24. The van der Waals surface area contributed by atoms with Crippen LogP contribution in [-0.4, -0.2) is 48.9 Å². The number of methoxy groups -OCH3 is 1. The van der Waals surface area contributed by atoms with Crippen molar-refractivity contribution in [2.75, 3.05) is 31.8 Å². The summed E-state index contributed by atoms with van der Waals surface area (Å²) in [4.78, 5) is 11.5. The van der Waals surface area contributed by atoms with Crippen molar-refractivity contribution in [1.29, 1.82) is 0 Å². The van der Waals surface area contributed by atoms with Crippen molar-refractivity contribution >= 4 is 17.7 Å². The normalized spacial score (nSPS) is 12.0. The third-order valence-corrected chi connectivity index (χ3v) is 3.85. The quantitative estimate of drug-likeness (QED) is 0.607. The van der Waals surface area contributed by atoms with Gasteiger partial charge in [-0.05, 0) is 23.4 Å². The number of hydrogen-bond acceptors (Lipinski definition) is 5. The van der Waals surface area contributed by atoms with Crippen molar-refractivity contribution in [3.63, 3.8) is 0 Å². The van der Waals surface area contributed by atoms with E-state index in [1.54, 1.807) is 18.9 Å². The van der Waals surface area contributed by atoms with E-state index in [0.717, 1.165) is 22.8 Å². The maximum Gasteiger partial charge on any atom is 0.220 e. The Bertz CT molecular complexity index is 425. The summed E-state index contributed by atoms with van der Waals surface area (Å²) in [6.07, 6.45) is -0.209. The van der Waals surface area contributed by atoms with Crippen molar-refractivity contribution in [3.05, 3.63) is 29.8 Å². The van der Waals surface area contributed by atoms with Gasteiger partial charge in [-0.2, -0.15) is 11.8 Å². The smallest absolute Gasteiger partial charge is 0.220 e. The van der Waals surface area contributed by atoms with Crippen LogP contribution < -0.4 is 10.1 Å². The zero-order chi connectivity index (χ0) is 16.2. The molecule has 0 heterocycles. The highest BCUT2D eigenvalue weighted by atomic mass is 32.2. The lowest BCUT2D eigenvalue weighted by Gasteiger charge is -2.12. The number of nitrogens with one attached hydrogen (secondary N) is 1. The summed E-state index contributed by atoms with van der Waals surface area (Å²) in [5.41, 5.74) is 1.01. The first kappa shape index (κ1) is 18.8. The second-order valence-corrected chi connectivity index (χ2v) is 6.16. The SMILES string of the molecule is CCSCCC(=O)NCC(O)COCc1ccc(OC)cc1. The average Bonchev–Trinajstić information content (AvgIpc) is 2.54. The zero-order valence-corrected chi connectivity index (χ0v) is 14.0. The predicted molar refractivity (Wildman–Crippen MR) is 89.3 cm³/mol. The predicted octanol–water partition coefficient (Wildman–Crippen LogP) is 1.83. The number of carbonyl (C=O) groups excluding carboxylic acids is 1. The minimum absolute atomic E-state index is 0.0323. The number of aliphatic hydroxyl groups excluding tert-OH is 1. The fourth-order valence-electron chi connectivity index (χ4n) is 1.72. The molecule has 0 bridgehead atoms. The molecule has 124 valence electrons. The van der Waals surface area contributed by atoms with Crippen LogP contribution in [-0.2, 0) is 16.1 Å². The van der Waals surface area contributed by atoms with Gasteiger partial charge in [0.2, 0.25) is 5.91 Å². The second-order valence-electron chi connectivity index (χ2n) is 4.77. The first-order valence-corrected chi connectivity index (χ1v) is 8.54. The Morgan fingerprint density at radius 3 is 2.73 bits per heavy atom. The van der Waals surface area contributed by atoms with E-state index in [1.165, 1.54) is 0 Å². The van der Waals surface area contributed by atoms with Crippen LogP contribution in [0.3, 0.4) is 0 Å². The number of aliphatic hydroxyl groups is 1. The van der Waals surface area contributed by atoms with Gasteiger partial charge in [0, 0.05) is 18.7 Å². The third-order valence-electron chi connectivity index (χ3n) is 2.95. The van der Waals surface area contributed by atoms with Crippen LogP contribution in [0, 0.1) is 0 Å². The summed E-state index contributed by atoms with van der Waals surface area (Å²) in [6.45, 7) is 2.89. The molecule has 0 fully saturated rings. The van der Waals surface area contributed by atoms with Crippen molar-refractivity contribution in [1.82, 2.24) is 5.32 Å². The Kier molecular flexibility index (Phi) is 9.70. The van der Waals surface area contributed by atoms with Gasteiger partial charge in [0.25, 0.3) is 0 Å². The fourth-order valence-corrected chi connectivity index (χ4v) is 2.34. The van der Waals surface area contributed by atoms with Gasteiger partial charge in [0.15, 0.2) is 0 Å². The third kappa shape index (κ3) is 8.26. The van der Waals surface area contributed by atoms with Crippen LogP contribution in [0.5, 0.6) is 5.75 Å². The van der Waals surface area contributed by atoms with Gasteiger partial charge in [0.05, 0.1) is 26.4 Å². The molecule has 6 heteroatoms. The van der Waals surface area contributed by atoms with E-state index >= 15 is 0 Å². The molecule has 1 atom stereocenters. The number of carbonyl (C=O) groups is 1. The Balaban J connectivity index is 2.12. The Labute approximate surface area is 136 Å². The summed E-state index contributed by atoms with van der Waals surface area (Å²) in [6, 6.07) is 7.56. The minimum Gasteiger partial charge on any atom is -0.497 e. The minimum atomic E-state index is -0.693. The van der Waals surface area contributed by atoms with Gasteiger partial charge in [-0.25, -0.2) is 0 Å². The molecule has 0 aliphatic carbocycles. The highest BCUT2D eigenvalue weighted by Gasteiger charge is 2.07. The van der Waals surface area contributed by atoms with E-state index < -0.39 is 6.10 Å². The van der Waals surface area contributed by atoms with Crippen LogP contribution in [0.1, 0.15) is 18.9 Å². The first-order chi connectivity index (χ1) is 10.7. The second kappa shape index (κ2) is 11.3. The maximum atomic E-state index is 11.5. The van der Waals surface area contributed by atoms with E-state index in [2.05, 4.69) is 12.2 Å². The molecule has 0 aromatic heterocycles. The van der Waals surface area contributed by atoms with Gasteiger partial charge < -0.3 is 19.9 Å². The van der Waals surface area contributed by atoms with Crippen molar-refractivity contribution in [2.45, 2.75) is 26.1 Å². The molecule has 0 aliphatic heterocycles. The molecule has 1 unspecified atom stereocenters.